The highest BCUT2D eigenvalue weighted by Crippen LogP contribution is 2.14. The fourth-order valence-corrected chi connectivity index (χ4v) is 2.24. The van der Waals surface area contributed by atoms with Crippen LogP contribution in [-0.4, -0.2) is 16.6 Å². The summed E-state index contributed by atoms with van der Waals surface area (Å²) in [6.45, 7) is 0.605. The molecule has 17 heavy (non-hydrogen) atoms. The first-order valence-corrected chi connectivity index (χ1v) is 6.40. The normalized spacial score (nSPS) is 10.1. The maximum atomic E-state index is 5.58. The van der Waals surface area contributed by atoms with Gasteiger partial charge in [0.05, 0.1) is 16.5 Å². The lowest BCUT2D eigenvalue weighted by Gasteiger charge is -2.03. The van der Waals surface area contributed by atoms with Gasteiger partial charge < -0.3 is 10.5 Å². The van der Waals surface area contributed by atoms with Gasteiger partial charge in [0, 0.05) is 12.6 Å². The molecule has 3 nitrogen and oxygen atoms in total. The molecule has 0 saturated heterocycles. The Morgan fingerprint density at radius 2 is 2.12 bits per heavy atom. The second kappa shape index (κ2) is 5.75. The SMILES string of the molecule is NC(=S)c1cnc(CCOc2ccccc2)s1. The first-order valence-electron chi connectivity index (χ1n) is 5.18. The standard InChI is InChI=1S/C12H12N2OS2/c13-12(16)10-8-14-11(17-10)6-7-15-9-4-2-1-3-5-9/h1-5,8H,6-7H2,(H2,13,16). The van der Waals surface area contributed by atoms with Crippen LogP contribution in [0.1, 0.15) is 9.88 Å². The third kappa shape index (κ3) is 3.51. The largest absolute Gasteiger partial charge is 0.493 e. The van der Waals surface area contributed by atoms with Crippen molar-refractivity contribution in [1.29, 1.82) is 0 Å². The van der Waals surface area contributed by atoms with Crippen LogP contribution in [0.3, 0.4) is 0 Å². The molecular weight excluding hydrogens is 252 g/mol. The van der Waals surface area contributed by atoms with Gasteiger partial charge in [-0.15, -0.1) is 11.3 Å². The van der Waals surface area contributed by atoms with E-state index in [0.29, 0.717) is 11.6 Å². The highest BCUT2D eigenvalue weighted by molar-refractivity contribution is 7.81. The maximum Gasteiger partial charge on any atom is 0.119 e. The van der Waals surface area contributed by atoms with E-state index in [2.05, 4.69) is 4.98 Å². The van der Waals surface area contributed by atoms with E-state index in [9.17, 15) is 0 Å². The third-order valence-corrected chi connectivity index (χ3v) is 3.56. The van der Waals surface area contributed by atoms with Crippen molar-refractivity contribution in [3.05, 3.63) is 46.4 Å². The Bertz CT molecular complexity index is 496. The Hall–Kier alpha value is -1.46. The highest BCUT2D eigenvalue weighted by atomic mass is 32.1. The first kappa shape index (κ1) is 12.0. The van der Waals surface area contributed by atoms with Crippen molar-refractivity contribution in [1.82, 2.24) is 4.98 Å². The number of thiazole rings is 1. The van der Waals surface area contributed by atoms with Crippen molar-refractivity contribution < 1.29 is 4.74 Å². The highest BCUT2D eigenvalue weighted by Gasteiger charge is 2.04. The molecule has 1 aromatic carbocycles. The van der Waals surface area contributed by atoms with Gasteiger partial charge in [0.15, 0.2) is 0 Å². The third-order valence-electron chi connectivity index (χ3n) is 2.12. The summed E-state index contributed by atoms with van der Waals surface area (Å²) < 4.78 is 5.58. The van der Waals surface area contributed by atoms with Crippen LogP contribution in [0, 0.1) is 0 Å². The average molecular weight is 264 g/mol. The number of nitrogens with two attached hydrogens (primary N) is 1. The fourth-order valence-electron chi connectivity index (χ4n) is 1.31. The van der Waals surface area contributed by atoms with E-state index in [-0.39, 0.29) is 0 Å². The molecule has 1 heterocycles. The van der Waals surface area contributed by atoms with Gasteiger partial charge in [-0.05, 0) is 12.1 Å². The van der Waals surface area contributed by atoms with Gasteiger partial charge in [0.1, 0.15) is 10.7 Å². The molecule has 0 spiro atoms. The Labute approximate surface area is 109 Å². The summed E-state index contributed by atoms with van der Waals surface area (Å²) in [7, 11) is 0. The number of para-hydroxylation sites is 1. The topological polar surface area (TPSA) is 48.1 Å². The van der Waals surface area contributed by atoms with Crippen molar-refractivity contribution in [2.75, 3.05) is 6.61 Å². The summed E-state index contributed by atoms with van der Waals surface area (Å²) in [5.74, 6) is 0.874. The van der Waals surface area contributed by atoms with Crippen molar-refractivity contribution in [2.24, 2.45) is 5.73 Å². The number of benzene rings is 1. The van der Waals surface area contributed by atoms with Gasteiger partial charge in [0.25, 0.3) is 0 Å². The molecule has 2 aromatic rings. The Morgan fingerprint density at radius 3 is 2.76 bits per heavy atom. The van der Waals surface area contributed by atoms with Crippen LogP contribution in [0.2, 0.25) is 0 Å². The van der Waals surface area contributed by atoms with Gasteiger partial charge in [-0.3, -0.25) is 0 Å². The average Bonchev–Trinajstić information content (AvgIpc) is 2.79. The number of rotatable bonds is 5. The van der Waals surface area contributed by atoms with Crippen LogP contribution >= 0.6 is 23.6 Å². The lowest BCUT2D eigenvalue weighted by molar-refractivity contribution is 0.322. The number of nitrogens with zero attached hydrogens (tertiary/aromatic N) is 1. The molecule has 0 unspecified atom stereocenters. The zero-order chi connectivity index (χ0) is 12.1. The van der Waals surface area contributed by atoms with Crippen molar-refractivity contribution in [2.45, 2.75) is 6.42 Å². The number of aromatic nitrogens is 1. The molecule has 0 aliphatic rings. The van der Waals surface area contributed by atoms with Crippen molar-refractivity contribution in [3.8, 4) is 5.75 Å². The van der Waals surface area contributed by atoms with E-state index in [1.165, 1.54) is 11.3 Å². The molecule has 2 rings (SSSR count). The molecule has 5 heteroatoms. The molecule has 0 saturated carbocycles. The zero-order valence-corrected chi connectivity index (χ0v) is 10.8. The molecule has 0 atom stereocenters. The predicted octanol–water partition coefficient (Wildman–Crippen LogP) is 2.40. The Kier molecular flexibility index (Phi) is 4.06. The van der Waals surface area contributed by atoms with Crippen LogP contribution in [-0.2, 0) is 6.42 Å². The van der Waals surface area contributed by atoms with E-state index in [4.69, 9.17) is 22.7 Å². The first-order chi connectivity index (χ1) is 8.25. The van der Waals surface area contributed by atoms with Gasteiger partial charge in [0.2, 0.25) is 0 Å². The summed E-state index contributed by atoms with van der Waals surface area (Å²) in [6, 6.07) is 9.72. The second-order valence-electron chi connectivity index (χ2n) is 3.39. The summed E-state index contributed by atoms with van der Waals surface area (Å²) in [5.41, 5.74) is 5.52. The Balaban J connectivity index is 1.84. The molecule has 0 radical (unpaired) electrons. The monoisotopic (exact) mass is 264 g/mol. The van der Waals surface area contributed by atoms with Crippen LogP contribution in [0.5, 0.6) is 5.75 Å². The van der Waals surface area contributed by atoms with Crippen LogP contribution in [0.25, 0.3) is 0 Å². The van der Waals surface area contributed by atoms with Crippen LogP contribution in [0.15, 0.2) is 36.5 Å². The number of hydrogen-bond donors (Lipinski definition) is 1. The van der Waals surface area contributed by atoms with E-state index >= 15 is 0 Å². The van der Waals surface area contributed by atoms with E-state index in [1.807, 2.05) is 30.3 Å². The lowest BCUT2D eigenvalue weighted by atomic mass is 10.3. The maximum absolute atomic E-state index is 5.58. The molecule has 2 N–H and O–H groups in total. The molecule has 0 bridgehead atoms. The van der Waals surface area contributed by atoms with Crippen LogP contribution in [0.4, 0.5) is 0 Å². The molecule has 1 aromatic heterocycles. The van der Waals surface area contributed by atoms with Crippen LogP contribution < -0.4 is 10.5 Å². The molecule has 0 fully saturated rings. The minimum Gasteiger partial charge on any atom is -0.493 e. The van der Waals surface area contributed by atoms with E-state index < -0.39 is 0 Å². The minimum atomic E-state index is 0.401. The lowest BCUT2D eigenvalue weighted by Crippen LogP contribution is -2.06. The van der Waals surface area contributed by atoms with Gasteiger partial charge in [-0.1, -0.05) is 30.4 Å². The molecule has 0 aliphatic heterocycles. The summed E-state index contributed by atoms with van der Waals surface area (Å²) in [4.78, 5) is 5.50. The molecular formula is C12H12N2OS2. The minimum absolute atomic E-state index is 0.401. The fraction of sp³-hybridized carbons (Fsp3) is 0.167. The number of hydrogen-bond acceptors (Lipinski definition) is 4. The Morgan fingerprint density at radius 1 is 1.35 bits per heavy atom. The summed E-state index contributed by atoms with van der Waals surface area (Å²) >= 11 is 6.40. The molecule has 0 amide bonds. The van der Waals surface area contributed by atoms with E-state index in [0.717, 1.165) is 22.1 Å². The van der Waals surface area contributed by atoms with Gasteiger partial charge in [-0.25, -0.2) is 4.98 Å². The van der Waals surface area contributed by atoms with Crippen molar-refractivity contribution >= 4 is 28.5 Å². The quantitative estimate of drug-likeness (QED) is 0.842. The van der Waals surface area contributed by atoms with Gasteiger partial charge in [-0.2, -0.15) is 0 Å². The summed E-state index contributed by atoms with van der Waals surface area (Å²) in [5, 5.41) is 0.990. The number of ether oxygens (including phenoxy) is 1. The summed E-state index contributed by atoms with van der Waals surface area (Å²) in [6.07, 6.45) is 2.48. The smallest absolute Gasteiger partial charge is 0.119 e. The van der Waals surface area contributed by atoms with Crippen molar-refractivity contribution in [3.63, 3.8) is 0 Å². The predicted molar refractivity (Wildman–Crippen MR) is 73.6 cm³/mol. The number of thiocarbonyl (C=S) groups is 1. The van der Waals surface area contributed by atoms with E-state index in [1.54, 1.807) is 6.20 Å². The van der Waals surface area contributed by atoms with Gasteiger partial charge >= 0.3 is 0 Å². The molecule has 0 aliphatic carbocycles. The second-order valence-corrected chi connectivity index (χ2v) is 4.95. The molecule has 88 valence electrons. The zero-order valence-electron chi connectivity index (χ0n) is 9.13.